The van der Waals surface area contributed by atoms with Crippen LogP contribution in [0.4, 0.5) is 0 Å². The van der Waals surface area contributed by atoms with Gasteiger partial charge in [-0.1, -0.05) is 30.3 Å². The average Bonchev–Trinajstić information content (AvgIpc) is 2.19. The molecule has 0 aromatic heterocycles. The van der Waals surface area contributed by atoms with Gasteiger partial charge in [0.15, 0.2) is 0 Å². The predicted octanol–water partition coefficient (Wildman–Crippen LogP) is 1.90. The van der Waals surface area contributed by atoms with Crippen LogP contribution in [0.1, 0.15) is 24.5 Å². The van der Waals surface area contributed by atoms with Crippen molar-refractivity contribution in [1.82, 2.24) is 0 Å². The number of aliphatic hydroxyl groups excluding tert-OH is 1. The van der Waals surface area contributed by atoms with Gasteiger partial charge in [0.2, 0.25) is 0 Å². The van der Waals surface area contributed by atoms with Crippen molar-refractivity contribution < 1.29 is 9.84 Å². The molecule has 0 bridgehead atoms. The maximum absolute atomic E-state index is 9.46. The first kappa shape index (κ1) is 8.73. The lowest BCUT2D eigenvalue weighted by atomic mass is 10.00. The first-order chi connectivity index (χ1) is 6.36. The summed E-state index contributed by atoms with van der Waals surface area (Å²) in [6.07, 6.45) is 1.39. The van der Waals surface area contributed by atoms with Crippen LogP contribution in [0.5, 0.6) is 0 Å². The highest BCUT2D eigenvalue weighted by molar-refractivity contribution is 5.18. The van der Waals surface area contributed by atoms with Crippen LogP contribution in [0.15, 0.2) is 30.3 Å². The molecule has 2 nitrogen and oxygen atoms in total. The van der Waals surface area contributed by atoms with Crippen LogP contribution in [-0.4, -0.2) is 17.8 Å². The molecule has 0 saturated carbocycles. The largest absolute Gasteiger partial charge is 0.393 e. The third kappa shape index (κ3) is 2.08. The van der Waals surface area contributed by atoms with Crippen molar-refractivity contribution in [2.45, 2.75) is 25.0 Å². The van der Waals surface area contributed by atoms with Gasteiger partial charge in [-0.2, -0.15) is 0 Å². The Morgan fingerprint density at radius 2 is 2.00 bits per heavy atom. The van der Waals surface area contributed by atoms with Crippen LogP contribution in [-0.2, 0) is 4.74 Å². The van der Waals surface area contributed by atoms with Crippen LogP contribution < -0.4 is 0 Å². The van der Waals surface area contributed by atoms with Crippen molar-refractivity contribution in [1.29, 1.82) is 0 Å². The van der Waals surface area contributed by atoms with E-state index in [-0.39, 0.29) is 12.2 Å². The molecule has 2 atom stereocenters. The Labute approximate surface area is 78.2 Å². The summed E-state index contributed by atoms with van der Waals surface area (Å²) in [6, 6.07) is 10.1. The molecule has 1 saturated heterocycles. The van der Waals surface area contributed by atoms with Gasteiger partial charge in [0, 0.05) is 13.0 Å². The van der Waals surface area contributed by atoms with Gasteiger partial charge >= 0.3 is 0 Å². The molecule has 1 aromatic carbocycles. The van der Waals surface area contributed by atoms with Crippen LogP contribution in [0.25, 0.3) is 0 Å². The molecule has 1 N–H and O–H groups in total. The van der Waals surface area contributed by atoms with Gasteiger partial charge in [-0.15, -0.1) is 0 Å². The van der Waals surface area contributed by atoms with Crippen LogP contribution in [0.3, 0.4) is 0 Å². The van der Waals surface area contributed by atoms with Crippen LogP contribution in [0.2, 0.25) is 0 Å². The van der Waals surface area contributed by atoms with E-state index in [9.17, 15) is 5.11 Å². The number of benzene rings is 1. The summed E-state index contributed by atoms with van der Waals surface area (Å²) in [7, 11) is 0. The summed E-state index contributed by atoms with van der Waals surface area (Å²) >= 11 is 0. The van der Waals surface area contributed by atoms with Gasteiger partial charge in [0.1, 0.15) is 0 Å². The SMILES string of the molecule is OC1CCOC(c2ccccc2)C1. The Bertz CT molecular complexity index is 258. The minimum atomic E-state index is -0.195. The second-order valence-electron chi connectivity index (χ2n) is 3.45. The van der Waals surface area contributed by atoms with E-state index in [4.69, 9.17) is 4.74 Å². The van der Waals surface area contributed by atoms with Gasteiger partial charge in [-0.3, -0.25) is 0 Å². The van der Waals surface area contributed by atoms with Crippen LogP contribution >= 0.6 is 0 Å². The number of hydrogen-bond donors (Lipinski definition) is 1. The molecule has 2 rings (SSSR count). The van der Waals surface area contributed by atoms with E-state index in [1.54, 1.807) is 0 Å². The van der Waals surface area contributed by atoms with Gasteiger partial charge in [0.25, 0.3) is 0 Å². The monoisotopic (exact) mass is 178 g/mol. The lowest BCUT2D eigenvalue weighted by molar-refractivity contribution is -0.0447. The van der Waals surface area contributed by atoms with E-state index in [1.807, 2.05) is 30.3 Å². The molecular weight excluding hydrogens is 164 g/mol. The van der Waals surface area contributed by atoms with Gasteiger partial charge in [0.05, 0.1) is 12.2 Å². The molecule has 13 heavy (non-hydrogen) atoms. The zero-order valence-corrected chi connectivity index (χ0v) is 7.52. The van der Waals surface area contributed by atoms with Crippen molar-refractivity contribution in [2.75, 3.05) is 6.61 Å². The second kappa shape index (κ2) is 3.90. The topological polar surface area (TPSA) is 29.5 Å². The molecule has 0 aliphatic carbocycles. The number of ether oxygens (including phenoxy) is 1. The normalized spacial score (nSPS) is 28.7. The Hall–Kier alpha value is -0.860. The van der Waals surface area contributed by atoms with Crippen molar-refractivity contribution >= 4 is 0 Å². The highest BCUT2D eigenvalue weighted by Gasteiger charge is 2.21. The van der Waals surface area contributed by atoms with E-state index in [0.29, 0.717) is 6.61 Å². The predicted molar refractivity (Wildman–Crippen MR) is 50.4 cm³/mol. The molecule has 1 aliphatic heterocycles. The van der Waals surface area contributed by atoms with E-state index >= 15 is 0 Å². The first-order valence-electron chi connectivity index (χ1n) is 4.71. The minimum absolute atomic E-state index is 0.0879. The molecule has 1 heterocycles. The van der Waals surface area contributed by atoms with E-state index < -0.39 is 0 Å². The van der Waals surface area contributed by atoms with E-state index in [0.717, 1.165) is 12.8 Å². The van der Waals surface area contributed by atoms with Crippen molar-refractivity contribution in [3.05, 3.63) is 35.9 Å². The Morgan fingerprint density at radius 3 is 2.69 bits per heavy atom. The number of rotatable bonds is 1. The molecule has 2 unspecified atom stereocenters. The highest BCUT2D eigenvalue weighted by Crippen LogP contribution is 2.27. The lowest BCUT2D eigenvalue weighted by Crippen LogP contribution is -2.23. The molecule has 1 aliphatic rings. The quantitative estimate of drug-likeness (QED) is 0.711. The Morgan fingerprint density at radius 1 is 1.23 bits per heavy atom. The fourth-order valence-electron chi connectivity index (χ4n) is 1.68. The molecule has 1 fully saturated rings. The van der Waals surface area contributed by atoms with Gasteiger partial charge < -0.3 is 9.84 Å². The van der Waals surface area contributed by atoms with Crippen molar-refractivity contribution in [3.63, 3.8) is 0 Å². The average molecular weight is 178 g/mol. The minimum Gasteiger partial charge on any atom is -0.393 e. The van der Waals surface area contributed by atoms with Crippen LogP contribution in [0, 0.1) is 0 Å². The highest BCUT2D eigenvalue weighted by atomic mass is 16.5. The zero-order chi connectivity index (χ0) is 9.10. The van der Waals surface area contributed by atoms with Gasteiger partial charge in [-0.05, 0) is 12.0 Å². The first-order valence-corrected chi connectivity index (χ1v) is 4.71. The molecule has 0 radical (unpaired) electrons. The lowest BCUT2D eigenvalue weighted by Gasteiger charge is -2.26. The zero-order valence-electron chi connectivity index (χ0n) is 7.52. The smallest absolute Gasteiger partial charge is 0.0849 e. The van der Waals surface area contributed by atoms with E-state index in [1.165, 1.54) is 5.56 Å². The Kier molecular flexibility index (Phi) is 2.62. The summed E-state index contributed by atoms with van der Waals surface area (Å²) in [6.45, 7) is 0.667. The van der Waals surface area contributed by atoms with Crippen molar-refractivity contribution in [3.8, 4) is 0 Å². The standard InChI is InChI=1S/C11H14O2/c12-10-6-7-13-11(8-10)9-4-2-1-3-5-9/h1-5,10-12H,6-8H2. The number of aliphatic hydroxyl groups is 1. The molecule has 0 amide bonds. The summed E-state index contributed by atoms with van der Waals surface area (Å²) in [5, 5.41) is 9.46. The summed E-state index contributed by atoms with van der Waals surface area (Å²) in [5.74, 6) is 0. The second-order valence-corrected chi connectivity index (χ2v) is 3.45. The fraction of sp³-hybridized carbons (Fsp3) is 0.455. The maximum Gasteiger partial charge on any atom is 0.0849 e. The molecule has 70 valence electrons. The molecule has 2 heteroatoms. The number of hydrogen-bond acceptors (Lipinski definition) is 2. The van der Waals surface area contributed by atoms with Gasteiger partial charge in [-0.25, -0.2) is 0 Å². The third-order valence-corrected chi connectivity index (χ3v) is 2.43. The Balaban J connectivity index is 2.08. The summed E-state index contributed by atoms with van der Waals surface area (Å²) in [4.78, 5) is 0. The van der Waals surface area contributed by atoms with E-state index in [2.05, 4.69) is 0 Å². The fourth-order valence-corrected chi connectivity index (χ4v) is 1.68. The summed E-state index contributed by atoms with van der Waals surface area (Å²) < 4.78 is 5.57. The maximum atomic E-state index is 9.46. The molecule has 1 aromatic rings. The molecular formula is C11H14O2. The van der Waals surface area contributed by atoms with Crippen molar-refractivity contribution in [2.24, 2.45) is 0 Å². The molecule has 0 spiro atoms. The summed E-state index contributed by atoms with van der Waals surface area (Å²) in [5.41, 5.74) is 1.17. The third-order valence-electron chi connectivity index (χ3n) is 2.43.